The summed E-state index contributed by atoms with van der Waals surface area (Å²) in [7, 11) is 0. The van der Waals surface area contributed by atoms with Crippen molar-refractivity contribution in [1.29, 1.82) is 0 Å². The van der Waals surface area contributed by atoms with Crippen molar-refractivity contribution in [3.05, 3.63) is 20.8 Å². The van der Waals surface area contributed by atoms with Gasteiger partial charge in [-0.05, 0) is 38.2 Å². The van der Waals surface area contributed by atoms with E-state index in [0.29, 0.717) is 10.5 Å². The molecule has 0 aromatic carbocycles. The summed E-state index contributed by atoms with van der Waals surface area (Å²) in [6.45, 7) is 1.58. The fourth-order valence-electron chi connectivity index (χ4n) is 2.42. The molecule has 1 aliphatic carbocycles. The van der Waals surface area contributed by atoms with Crippen LogP contribution >= 0.6 is 23.1 Å². The normalized spacial score (nSPS) is 16.1. The number of thiophene rings is 1. The molecule has 20 heavy (non-hydrogen) atoms. The number of aromatic nitrogens is 2. The van der Waals surface area contributed by atoms with Crippen molar-refractivity contribution < 1.29 is 9.90 Å². The standard InChI is InChI=1S/C13H14N2O3S2/c1-6(12(17)18)19-13-14-10(16)9-7-4-2-3-5-8(7)20-11(9)15-13/h6H,2-5H2,1H3,(H,17,18)(H,14,15,16). The minimum atomic E-state index is -0.914. The van der Waals surface area contributed by atoms with E-state index in [9.17, 15) is 9.59 Å². The van der Waals surface area contributed by atoms with Crippen LogP contribution in [0, 0.1) is 0 Å². The Bertz CT molecular complexity index is 735. The zero-order valence-electron chi connectivity index (χ0n) is 10.9. The quantitative estimate of drug-likeness (QED) is 0.672. The molecular weight excluding hydrogens is 296 g/mol. The van der Waals surface area contributed by atoms with Crippen LogP contribution in [0.25, 0.3) is 10.2 Å². The van der Waals surface area contributed by atoms with Crippen molar-refractivity contribution in [3.8, 4) is 0 Å². The summed E-state index contributed by atoms with van der Waals surface area (Å²) < 4.78 is 0. The van der Waals surface area contributed by atoms with Crippen molar-refractivity contribution in [2.24, 2.45) is 0 Å². The summed E-state index contributed by atoms with van der Waals surface area (Å²) >= 11 is 2.64. The largest absolute Gasteiger partial charge is 0.480 e. The lowest BCUT2D eigenvalue weighted by Crippen LogP contribution is -2.15. The smallest absolute Gasteiger partial charge is 0.316 e. The molecule has 2 heterocycles. The summed E-state index contributed by atoms with van der Waals surface area (Å²) in [5, 5.41) is 9.38. The molecule has 1 atom stereocenters. The molecule has 5 nitrogen and oxygen atoms in total. The Morgan fingerprint density at radius 1 is 1.45 bits per heavy atom. The van der Waals surface area contributed by atoms with Crippen LogP contribution in [0.1, 0.15) is 30.2 Å². The molecule has 0 saturated heterocycles. The first-order valence-electron chi connectivity index (χ1n) is 6.50. The third-order valence-electron chi connectivity index (χ3n) is 3.44. The van der Waals surface area contributed by atoms with Crippen LogP contribution in [-0.4, -0.2) is 26.3 Å². The molecule has 0 radical (unpaired) electrons. The van der Waals surface area contributed by atoms with Crippen LogP contribution in [0.15, 0.2) is 9.95 Å². The fourth-order valence-corrected chi connectivity index (χ4v) is 4.47. The summed E-state index contributed by atoms with van der Waals surface area (Å²) in [6.07, 6.45) is 4.24. The number of thioether (sulfide) groups is 1. The average Bonchev–Trinajstić information content (AvgIpc) is 2.76. The molecule has 2 aromatic heterocycles. The number of carboxylic acid groups (broad SMARTS) is 1. The van der Waals surface area contributed by atoms with Gasteiger partial charge in [-0.1, -0.05) is 11.8 Å². The second-order valence-electron chi connectivity index (χ2n) is 4.86. The van der Waals surface area contributed by atoms with Gasteiger partial charge in [0.05, 0.1) is 5.39 Å². The molecule has 0 amide bonds. The van der Waals surface area contributed by atoms with Crippen LogP contribution in [-0.2, 0) is 17.6 Å². The molecule has 0 fully saturated rings. The maximum absolute atomic E-state index is 12.2. The first kappa shape index (κ1) is 13.6. The maximum Gasteiger partial charge on any atom is 0.316 e. The lowest BCUT2D eigenvalue weighted by molar-refractivity contribution is -0.136. The van der Waals surface area contributed by atoms with E-state index in [1.165, 1.54) is 4.88 Å². The predicted octanol–water partition coefficient (Wildman–Crippen LogP) is 2.43. The van der Waals surface area contributed by atoms with E-state index in [0.717, 1.165) is 47.8 Å². The van der Waals surface area contributed by atoms with Gasteiger partial charge in [-0.2, -0.15) is 0 Å². The highest BCUT2D eigenvalue weighted by molar-refractivity contribution is 8.00. The molecule has 3 rings (SSSR count). The number of nitrogens with zero attached hydrogens (tertiary/aromatic N) is 1. The van der Waals surface area contributed by atoms with Crippen LogP contribution in [0.3, 0.4) is 0 Å². The van der Waals surface area contributed by atoms with Crippen LogP contribution in [0.2, 0.25) is 0 Å². The van der Waals surface area contributed by atoms with Gasteiger partial charge < -0.3 is 10.1 Å². The van der Waals surface area contributed by atoms with Gasteiger partial charge in [0.1, 0.15) is 10.1 Å². The number of aromatic amines is 1. The lowest BCUT2D eigenvalue weighted by atomic mass is 9.97. The van der Waals surface area contributed by atoms with E-state index >= 15 is 0 Å². The van der Waals surface area contributed by atoms with Gasteiger partial charge >= 0.3 is 5.97 Å². The molecule has 7 heteroatoms. The van der Waals surface area contributed by atoms with Gasteiger partial charge in [-0.3, -0.25) is 9.59 Å². The summed E-state index contributed by atoms with van der Waals surface area (Å²) in [5.41, 5.74) is 1.00. The maximum atomic E-state index is 12.2. The lowest BCUT2D eigenvalue weighted by Gasteiger charge is -2.09. The number of fused-ring (bicyclic) bond motifs is 3. The first-order valence-corrected chi connectivity index (χ1v) is 8.20. The van der Waals surface area contributed by atoms with Gasteiger partial charge in [0.15, 0.2) is 5.16 Å². The molecule has 0 aliphatic heterocycles. The zero-order valence-corrected chi connectivity index (χ0v) is 12.6. The van der Waals surface area contributed by atoms with E-state index in [-0.39, 0.29) is 5.56 Å². The molecule has 1 aliphatic rings. The molecule has 0 saturated carbocycles. The van der Waals surface area contributed by atoms with Crippen LogP contribution < -0.4 is 5.56 Å². The monoisotopic (exact) mass is 310 g/mol. The summed E-state index contributed by atoms with van der Waals surface area (Å²) in [4.78, 5) is 32.2. The highest BCUT2D eigenvalue weighted by Gasteiger charge is 2.21. The fraction of sp³-hybridized carbons (Fsp3) is 0.462. The molecule has 2 N–H and O–H groups in total. The first-order chi connectivity index (χ1) is 9.56. The molecule has 106 valence electrons. The topological polar surface area (TPSA) is 83.0 Å². The van der Waals surface area contributed by atoms with Crippen molar-refractivity contribution in [2.75, 3.05) is 0 Å². The van der Waals surface area contributed by atoms with Crippen LogP contribution in [0.5, 0.6) is 0 Å². The number of hydrogen-bond acceptors (Lipinski definition) is 5. The van der Waals surface area contributed by atoms with Crippen LogP contribution in [0.4, 0.5) is 0 Å². The second kappa shape index (κ2) is 5.21. The number of carboxylic acids is 1. The number of rotatable bonds is 3. The Hall–Kier alpha value is -1.34. The molecule has 1 unspecified atom stereocenters. The minimum Gasteiger partial charge on any atom is -0.480 e. The number of H-pyrrole nitrogens is 1. The Kier molecular flexibility index (Phi) is 3.55. The number of aliphatic carboxylic acids is 1. The minimum absolute atomic E-state index is 0.144. The second-order valence-corrected chi connectivity index (χ2v) is 7.27. The third-order valence-corrected chi connectivity index (χ3v) is 5.60. The van der Waals surface area contributed by atoms with Gasteiger partial charge in [0.2, 0.25) is 0 Å². The Balaban J connectivity index is 2.06. The van der Waals surface area contributed by atoms with Crippen molar-refractivity contribution >= 4 is 39.3 Å². The number of nitrogens with one attached hydrogen (secondary N) is 1. The zero-order chi connectivity index (χ0) is 14.3. The third kappa shape index (κ3) is 2.35. The molecule has 0 spiro atoms. The molecule has 0 bridgehead atoms. The van der Waals surface area contributed by atoms with E-state index in [1.807, 2.05) is 0 Å². The van der Waals surface area contributed by atoms with E-state index in [2.05, 4.69) is 9.97 Å². The van der Waals surface area contributed by atoms with E-state index in [1.54, 1.807) is 18.3 Å². The van der Waals surface area contributed by atoms with Crippen molar-refractivity contribution in [3.63, 3.8) is 0 Å². The number of hydrogen-bond donors (Lipinski definition) is 2. The molecule has 2 aromatic rings. The summed E-state index contributed by atoms with van der Waals surface area (Å²) in [6, 6.07) is 0. The Morgan fingerprint density at radius 2 is 2.20 bits per heavy atom. The Labute approximate surface area is 123 Å². The SMILES string of the molecule is CC(Sc1nc2sc3c(c2c(=O)[nH]1)CCCC3)C(=O)O. The van der Waals surface area contributed by atoms with Gasteiger partial charge in [0.25, 0.3) is 5.56 Å². The summed E-state index contributed by atoms with van der Waals surface area (Å²) in [5.74, 6) is -0.914. The average molecular weight is 310 g/mol. The van der Waals surface area contributed by atoms with Gasteiger partial charge in [-0.15, -0.1) is 11.3 Å². The molecular formula is C13H14N2O3S2. The van der Waals surface area contributed by atoms with E-state index in [4.69, 9.17) is 5.11 Å². The van der Waals surface area contributed by atoms with Gasteiger partial charge in [0, 0.05) is 4.88 Å². The predicted molar refractivity (Wildman–Crippen MR) is 79.8 cm³/mol. The van der Waals surface area contributed by atoms with Crippen molar-refractivity contribution in [2.45, 2.75) is 43.0 Å². The highest BCUT2D eigenvalue weighted by atomic mass is 32.2. The number of aryl methyl sites for hydroxylation is 2. The highest BCUT2D eigenvalue weighted by Crippen LogP contribution is 2.34. The van der Waals surface area contributed by atoms with E-state index < -0.39 is 11.2 Å². The Morgan fingerprint density at radius 3 is 2.95 bits per heavy atom. The number of carbonyl (C=O) groups is 1. The van der Waals surface area contributed by atoms with Crippen molar-refractivity contribution in [1.82, 2.24) is 9.97 Å². The van der Waals surface area contributed by atoms with Gasteiger partial charge in [-0.25, -0.2) is 4.98 Å².